The molecule has 0 unspecified atom stereocenters. The van der Waals surface area contributed by atoms with Crippen molar-refractivity contribution in [2.24, 2.45) is 5.73 Å². The second-order valence-corrected chi connectivity index (χ2v) is 2.63. The Morgan fingerprint density at radius 2 is 2.30 bits per heavy atom. The average Bonchev–Trinajstić information content (AvgIpc) is 2.33. The van der Waals surface area contributed by atoms with Gasteiger partial charge < -0.3 is 14.9 Å². The number of furan rings is 1. The smallest absolute Gasteiger partial charge is 0.128 e. The molecular formula is C7H9NO2. The van der Waals surface area contributed by atoms with E-state index in [0.717, 1.165) is 5.76 Å². The molecule has 0 aromatic carbocycles. The molecule has 1 aliphatic heterocycles. The van der Waals surface area contributed by atoms with Crippen molar-refractivity contribution in [3.63, 3.8) is 0 Å². The summed E-state index contributed by atoms with van der Waals surface area (Å²) >= 11 is 0. The van der Waals surface area contributed by atoms with E-state index in [2.05, 4.69) is 0 Å². The van der Waals surface area contributed by atoms with Crippen molar-refractivity contribution in [1.82, 2.24) is 0 Å². The summed E-state index contributed by atoms with van der Waals surface area (Å²) in [5.74, 6) is 0.818. The van der Waals surface area contributed by atoms with Gasteiger partial charge in [0.2, 0.25) is 0 Å². The van der Waals surface area contributed by atoms with Crippen LogP contribution in [0.4, 0.5) is 0 Å². The van der Waals surface area contributed by atoms with Crippen molar-refractivity contribution < 1.29 is 9.15 Å². The number of nitrogens with two attached hydrogens (primary N) is 1. The van der Waals surface area contributed by atoms with E-state index in [9.17, 15) is 0 Å². The van der Waals surface area contributed by atoms with Crippen LogP contribution in [0.2, 0.25) is 0 Å². The normalized spacial score (nSPS) is 22.1. The van der Waals surface area contributed by atoms with Crippen LogP contribution in [0, 0.1) is 0 Å². The average molecular weight is 139 g/mol. The van der Waals surface area contributed by atoms with Crippen LogP contribution in [-0.2, 0) is 10.3 Å². The van der Waals surface area contributed by atoms with E-state index < -0.39 is 0 Å². The number of hydrogen-bond donors (Lipinski definition) is 1. The van der Waals surface area contributed by atoms with Gasteiger partial charge in [0, 0.05) is 0 Å². The van der Waals surface area contributed by atoms with E-state index in [1.54, 1.807) is 6.26 Å². The number of ether oxygens (including phenoxy) is 1. The zero-order valence-corrected chi connectivity index (χ0v) is 5.54. The maximum atomic E-state index is 5.85. The fourth-order valence-electron chi connectivity index (χ4n) is 1.03. The van der Waals surface area contributed by atoms with E-state index in [0.29, 0.717) is 13.2 Å². The second-order valence-electron chi connectivity index (χ2n) is 2.63. The molecule has 1 fully saturated rings. The quantitative estimate of drug-likeness (QED) is 0.615. The minimum Gasteiger partial charge on any atom is -0.467 e. The zero-order valence-electron chi connectivity index (χ0n) is 5.54. The lowest BCUT2D eigenvalue weighted by molar-refractivity contribution is -0.0668. The third-order valence-electron chi connectivity index (χ3n) is 1.73. The highest BCUT2D eigenvalue weighted by Gasteiger charge is 2.38. The molecule has 0 spiro atoms. The summed E-state index contributed by atoms with van der Waals surface area (Å²) in [7, 11) is 0. The van der Waals surface area contributed by atoms with Crippen molar-refractivity contribution >= 4 is 0 Å². The Labute approximate surface area is 58.8 Å². The molecule has 1 aromatic rings. The van der Waals surface area contributed by atoms with Crippen LogP contribution in [-0.4, -0.2) is 13.2 Å². The summed E-state index contributed by atoms with van der Waals surface area (Å²) in [6, 6.07) is 3.71. The molecule has 2 N–H and O–H groups in total. The summed E-state index contributed by atoms with van der Waals surface area (Å²) in [6.45, 7) is 1.14. The first-order valence-corrected chi connectivity index (χ1v) is 3.22. The molecular weight excluding hydrogens is 130 g/mol. The molecule has 1 aromatic heterocycles. The topological polar surface area (TPSA) is 48.4 Å². The fourth-order valence-corrected chi connectivity index (χ4v) is 1.03. The van der Waals surface area contributed by atoms with Gasteiger partial charge in [-0.1, -0.05) is 0 Å². The molecule has 0 amide bonds. The van der Waals surface area contributed by atoms with Crippen LogP contribution >= 0.6 is 0 Å². The lowest BCUT2D eigenvalue weighted by atomic mass is 9.96. The Hall–Kier alpha value is -0.800. The summed E-state index contributed by atoms with van der Waals surface area (Å²) in [5, 5.41) is 0. The molecule has 0 radical (unpaired) electrons. The predicted octanol–water partition coefficient (Wildman–Crippen LogP) is 0.464. The van der Waals surface area contributed by atoms with Crippen molar-refractivity contribution in [2.75, 3.05) is 13.2 Å². The first-order chi connectivity index (χ1) is 4.81. The van der Waals surface area contributed by atoms with E-state index in [1.165, 1.54) is 0 Å². The van der Waals surface area contributed by atoms with Gasteiger partial charge in [0.1, 0.15) is 11.3 Å². The molecule has 0 atom stereocenters. The highest BCUT2D eigenvalue weighted by atomic mass is 16.5. The van der Waals surface area contributed by atoms with E-state index >= 15 is 0 Å². The molecule has 0 aliphatic carbocycles. The van der Waals surface area contributed by atoms with Gasteiger partial charge in [0.15, 0.2) is 0 Å². The Bertz CT molecular complexity index is 214. The van der Waals surface area contributed by atoms with Crippen LogP contribution in [0.25, 0.3) is 0 Å². The molecule has 3 heteroatoms. The third kappa shape index (κ3) is 0.678. The van der Waals surface area contributed by atoms with Gasteiger partial charge in [-0.15, -0.1) is 0 Å². The van der Waals surface area contributed by atoms with Gasteiger partial charge in [0.05, 0.1) is 19.5 Å². The highest BCUT2D eigenvalue weighted by Crippen LogP contribution is 2.26. The summed E-state index contributed by atoms with van der Waals surface area (Å²) in [6.07, 6.45) is 1.63. The molecule has 54 valence electrons. The van der Waals surface area contributed by atoms with E-state index in [4.69, 9.17) is 14.9 Å². The standard InChI is InChI=1S/C7H9NO2/c8-7(4-9-5-7)6-2-1-3-10-6/h1-3H,4-5,8H2. The molecule has 0 saturated carbocycles. The minimum atomic E-state index is -0.344. The monoisotopic (exact) mass is 139 g/mol. The Morgan fingerprint density at radius 3 is 2.70 bits per heavy atom. The predicted molar refractivity (Wildman–Crippen MR) is 35.4 cm³/mol. The van der Waals surface area contributed by atoms with E-state index in [1.807, 2.05) is 12.1 Å². The van der Waals surface area contributed by atoms with Crippen LogP contribution in [0.1, 0.15) is 5.76 Å². The molecule has 10 heavy (non-hydrogen) atoms. The first kappa shape index (κ1) is 5.95. The second kappa shape index (κ2) is 1.84. The number of rotatable bonds is 1. The van der Waals surface area contributed by atoms with Crippen molar-refractivity contribution in [3.8, 4) is 0 Å². The largest absolute Gasteiger partial charge is 0.467 e. The molecule has 0 bridgehead atoms. The summed E-state index contributed by atoms with van der Waals surface area (Å²) in [4.78, 5) is 0. The van der Waals surface area contributed by atoms with Crippen molar-refractivity contribution in [3.05, 3.63) is 24.2 Å². The molecule has 3 nitrogen and oxygen atoms in total. The molecule has 2 rings (SSSR count). The zero-order chi connectivity index (χ0) is 7.03. The Morgan fingerprint density at radius 1 is 1.50 bits per heavy atom. The third-order valence-corrected chi connectivity index (χ3v) is 1.73. The maximum Gasteiger partial charge on any atom is 0.128 e. The minimum absolute atomic E-state index is 0.344. The highest BCUT2D eigenvalue weighted by molar-refractivity contribution is 5.14. The van der Waals surface area contributed by atoms with Crippen LogP contribution in [0.5, 0.6) is 0 Å². The van der Waals surface area contributed by atoms with Crippen LogP contribution in [0.3, 0.4) is 0 Å². The van der Waals surface area contributed by atoms with Gasteiger partial charge in [0.25, 0.3) is 0 Å². The SMILES string of the molecule is NC1(c2ccco2)COC1. The fraction of sp³-hybridized carbons (Fsp3) is 0.429. The molecule has 1 aliphatic rings. The van der Waals surface area contributed by atoms with Crippen LogP contribution in [0.15, 0.2) is 22.8 Å². The van der Waals surface area contributed by atoms with Crippen molar-refractivity contribution in [2.45, 2.75) is 5.54 Å². The van der Waals surface area contributed by atoms with Gasteiger partial charge in [-0.25, -0.2) is 0 Å². The van der Waals surface area contributed by atoms with Gasteiger partial charge in [-0.05, 0) is 12.1 Å². The van der Waals surface area contributed by atoms with Gasteiger partial charge in [-0.2, -0.15) is 0 Å². The molecule has 2 heterocycles. The van der Waals surface area contributed by atoms with E-state index in [-0.39, 0.29) is 5.54 Å². The summed E-state index contributed by atoms with van der Waals surface area (Å²) < 4.78 is 10.1. The molecule has 1 saturated heterocycles. The van der Waals surface area contributed by atoms with Gasteiger partial charge in [-0.3, -0.25) is 0 Å². The number of hydrogen-bond acceptors (Lipinski definition) is 3. The summed E-state index contributed by atoms with van der Waals surface area (Å²) in [5.41, 5.74) is 5.51. The maximum absolute atomic E-state index is 5.85. The van der Waals surface area contributed by atoms with Crippen LogP contribution < -0.4 is 5.73 Å². The first-order valence-electron chi connectivity index (χ1n) is 3.22. The Balaban J connectivity index is 2.27. The Kier molecular flexibility index (Phi) is 1.09. The van der Waals surface area contributed by atoms with Crippen molar-refractivity contribution in [1.29, 1.82) is 0 Å². The van der Waals surface area contributed by atoms with Gasteiger partial charge >= 0.3 is 0 Å². The lowest BCUT2D eigenvalue weighted by Crippen LogP contribution is -2.54. The lowest BCUT2D eigenvalue weighted by Gasteiger charge is -2.35.